The lowest BCUT2D eigenvalue weighted by atomic mass is 10.00. The van der Waals surface area contributed by atoms with Crippen LogP contribution in [0.4, 0.5) is 0 Å². The first-order valence-electron chi connectivity index (χ1n) is 7.67. The Labute approximate surface area is 130 Å². The average Bonchev–Trinajstić information content (AvgIpc) is 3.07. The molecule has 0 spiro atoms. The number of carbonyl (C=O) groups excluding carboxylic acids is 1. The maximum absolute atomic E-state index is 11.8. The smallest absolute Gasteiger partial charge is 0.249 e. The quantitative estimate of drug-likeness (QED) is 0.834. The number of rotatable bonds is 5. The van der Waals surface area contributed by atoms with E-state index in [1.165, 1.54) is 11.1 Å². The van der Waals surface area contributed by atoms with Crippen molar-refractivity contribution in [2.45, 2.75) is 19.1 Å². The predicted molar refractivity (Wildman–Crippen MR) is 85.9 cm³/mol. The first-order valence-corrected chi connectivity index (χ1v) is 7.67. The normalized spacial score (nSPS) is 18.7. The largest absolute Gasteiger partial charge is 0.390 e. The van der Waals surface area contributed by atoms with Crippen molar-refractivity contribution < 1.29 is 9.90 Å². The van der Waals surface area contributed by atoms with E-state index in [2.05, 4.69) is 39.5 Å². The Morgan fingerprint density at radius 2 is 2.18 bits per heavy atom. The molecule has 0 bridgehead atoms. The number of carbonyl (C=O) groups is 1. The van der Waals surface area contributed by atoms with Crippen LogP contribution in [-0.2, 0) is 17.8 Å². The van der Waals surface area contributed by atoms with Gasteiger partial charge in [-0.05, 0) is 23.6 Å². The summed E-state index contributed by atoms with van der Waals surface area (Å²) in [6.45, 7) is 3.09. The van der Waals surface area contributed by atoms with Gasteiger partial charge in [0.05, 0.1) is 12.6 Å². The number of amides is 1. The summed E-state index contributed by atoms with van der Waals surface area (Å²) in [6.07, 6.45) is 3.80. The molecule has 0 aromatic heterocycles. The van der Waals surface area contributed by atoms with Crippen molar-refractivity contribution in [3.05, 3.63) is 47.0 Å². The van der Waals surface area contributed by atoms with Crippen LogP contribution in [0.5, 0.6) is 0 Å². The van der Waals surface area contributed by atoms with E-state index in [4.69, 9.17) is 0 Å². The lowest BCUT2D eigenvalue weighted by molar-refractivity contribution is -0.118. The molecule has 1 aromatic rings. The molecule has 0 saturated carbocycles. The van der Waals surface area contributed by atoms with Crippen molar-refractivity contribution in [3.8, 4) is 0 Å². The first kappa shape index (κ1) is 14.9. The zero-order valence-corrected chi connectivity index (χ0v) is 12.5. The van der Waals surface area contributed by atoms with Crippen molar-refractivity contribution in [2.24, 2.45) is 4.99 Å². The number of nitrogens with one attached hydrogen (secondary N) is 1. The molecule has 5 nitrogen and oxygen atoms in total. The van der Waals surface area contributed by atoms with E-state index in [1.807, 2.05) is 0 Å². The second-order valence-corrected chi connectivity index (χ2v) is 5.80. The van der Waals surface area contributed by atoms with Gasteiger partial charge in [-0.2, -0.15) is 0 Å². The molecule has 1 unspecified atom stereocenters. The molecule has 2 N–H and O–H groups in total. The highest BCUT2D eigenvalue weighted by molar-refractivity contribution is 5.99. The highest BCUT2D eigenvalue weighted by Crippen LogP contribution is 2.18. The molecule has 5 heteroatoms. The molecule has 22 heavy (non-hydrogen) atoms. The number of fused-ring (bicyclic) bond motifs is 1. The van der Waals surface area contributed by atoms with Gasteiger partial charge in [-0.25, -0.2) is 0 Å². The van der Waals surface area contributed by atoms with Crippen LogP contribution < -0.4 is 5.32 Å². The molecular formula is C17H21N3O2. The summed E-state index contributed by atoms with van der Waals surface area (Å²) in [5.74, 6) is -0.138. The number of aliphatic hydroxyl groups is 1. The summed E-state index contributed by atoms with van der Waals surface area (Å²) >= 11 is 0. The Balaban J connectivity index is 1.44. The van der Waals surface area contributed by atoms with E-state index >= 15 is 0 Å². The van der Waals surface area contributed by atoms with Gasteiger partial charge in [-0.15, -0.1) is 0 Å². The second-order valence-electron chi connectivity index (χ2n) is 5.80. The number of hydrogen-bond donors (Lipinski definition) is 2. The van der Waals surface area contributed by atoms with Crippen LogP contribution in [-0.4, -0.2) is 54.4 Å². The van der Waals surface area contributed by atoms with Gasteiger partial charge in [0.15, 0.2) is 0 Å². The Morgan fingerprint density at radius 3 is 2.95 bits per heavy atom. The monoisotopic (exact) mass is 299 g/mol. The van der Waals surface area contributed by atoms with Gasteiger partial charge in [-0.1, -0.05) is 24.3 Å². The van der Waals surface area contributed by atoms with Crippen molar-refractivity contribution in [1.82, 2.24) is 10.2 Å². The van der Waals surface area contributed by atoms with E-state index < -0.39 is 6.10 Å². The number of aliphatic hydroxyl groups excluding tert-OH is 1. The van der Waals surface area contributed by atoms with Gasteiger partial charge in [0, 0.05) is 38.0 Å². The highest BCUT2D eigenvalue weighted by Gasteiger charge is 2.19. The maximum Gasteiger partial charge on any atom is 0.249 e. The molecule has 0 aliphatic carbocycles. The molecule has 0 saturated heterocycles. The summed E-state index contributed by atoms with van der Waals surface area (Å²) in [6, 6.07) is 8.43. The van der Waals surface area contributed by atoms with Gasteiger partial charge in [0.2, 0.25) is 5.91 Å². The topological polar surface area (TPSA) is 64.9 Å². The lowest BCUT2D eigenvalue weighted by Gasteiger charge is -2.30. The molecule has 2 aliphatic heterocycles. The van der Waals surface area contributed by atoms with Gasteiger partial charge in [0.25, 0.3) is 0 Å². The molecule has 1 amide bonds. The maximum atomic E-state index is 11.8. The summed E-state index contributed by atoms with van der Waals surface area (Å²) in [5, 5.41) is 12.9. The third-order valence-corrected chi connectivity index (χ3v) is 4.11. The van der Waals surface area contributed by atoms with E-state index in [0.29, 0.717) is 18.7 Å². The fourth-order valence-electron chi connectivity index (χ4n) is 2.89. The number of hydrogen-bond acceptors (Lipinski definition) is 4. The number of nitrogens with zero attached hydrogens (tertiary/aromatic N) is 2. The minimum atomic E-state index is -0.558. The van der Waals surface area contributed by atoms with Crippen LogP contribution in [0.15, 0.2) is 40.9 Å². The summed E-state index contributed by atoms with van der Waals surface area (Å²) in [5.41, 5.74) is 3.38. The number of benzene rings is 1. The summed E-state index contributed by atoms with van der Waals surface area (Å²) in [4.78, 5) is 18.0. The number of allylic oxidation sites excluding steroid dienone is 1. The third kappa shape index (κ3) is 3.61. The van der Waals surface area contributed by atoms with E-state index in [-0.39, 0.29) is 12.5 Å². The molecule has 116 valence electrons. The van der Waals surface area contributed by atoms with Crippen LogP contribution in [0, 0.1) is 0 Å². The standard InChI is InChI=1S/C17H21N3O2/c21-16(10-19-17(22)14-5-7-18-9-14)12-20-8-6-13-3-1-2-4-15(13)11-20/h1-5,7,16,21H,6,8-12H2,(H,19,22). The van der Waals surface area contributed by atoms with E-state index in [0.717, 1.165) is 19.5 Å². The lowest BCUT2D eigenvalue weighted by Crippen LogP contribution is -2.42. The number of β-amino-alcohol motifs (C(OH)–C–C–N with tert-alkyl or cyclic N) is 1. The minimum Gasteiger partial charge on any atom is -0.390 e. The first-order chi connectivity index (χ1) is 10.7. The van der Waals surface area contributed by atoms with E-state index in [9.17, 15) is 9.90 Å². The fraction of sp³-hybridized carbons (Fsp3) is 0.412. The van der Waals surface area contributed by atoms with Gasteiger partial charge < -0.3 is 10.4 Å². The number of aliphatic imine (C=N–C) groups is 1. The van der Waals surface area contributed by atoms with Crippen molar-refractivity contribution in [3.63, 3.8) is 0 Å². The van der Waals surface area contributed by atoms with Crippen molar-refractivity contribution in [1.29, 1.82) is 0 Å². The molecule has 0 radical (unpaired) electrons. The Hall–Kier alpha value is -1.98. The van der Waals surface area contributed by atoms with Crippen LogP contribution in [0.2, 0.25) is 0 Å². The van der Waals surface area contributed by atoms with Crippen molar-refractivity contribution >= 4 is 12.1 Å². The molecule has 0 fully saturated rings. The molecule has 2 aliphatic rings. The molecule has 2 heterocycles. The molecule has 1 aromatic carbocycles. The zero-order valence-electron chi connectivity index (χ0n) is 12.5. The van der Waals surface area contributed by atoms with Crippen LogP contribution in [0.1, 0.15) is 11.1 Å². The minimum absolute atomic E-state index is 0.138. The van der Waals surface area contributed by atoms with Gasteiger partial charge in [-0.3, -0.25) is 14.7 Å². The Kier molecular flexibility index (Phi) is 4.65. The average molecular weight is 299 g/mol. The highest BCUT2D eigenvalue weighted by atomic mass is 16.3. The molecule has 3 rings (SSSR count). The third-order valence-electron chi connectivity index (χ3n) is 4.11. The molecular weight excluding hydrogens is 278 g/mol. The van der Waals surface area contributed by atoms with Crippen LogP contribution in [0.3, 0.4) is 0 Å². The SMILES string of the molecule is O=C(NCC(O)CN1CCc2ccccc2C1)C1=CC=NC1. The second kappa shape index (κ2) is 6.85. The predicted octanol–water partition coefficient (Wildman–Crippen LogP) is 0.533. The van der Waals surface area contributed by atoms with Crippen molar-refractivity contribution in [2.75, 3.05) is 26.2 Å². The zero-order chi connectivity index (χ0) is 15.4. The fourth-order valence-corrected chi connectivity index (χ4v) is 2.89. The Bertz CT molecular complexity index is 610. The summed E-state index contributed by atoms with van der Waals surface area (Å²) in [7, 11) is 0. The van der Waals surface area contributed by atoms with Gasteiger partial charge >= 0.3 is 0 Å². The Morgan fingerprint density at radius 1 is 1.36 bits per heavy atom. The van der Waals surface area contributed by atoms with Crippen LogP contribution >= 0.6 is 0 Å². The van der Waals surface area contributed by atoms with E-state index in [1.54, 1.807) is 12.3 Å². The van der Waals surface area contributed by atoms with Gasteiger partial charge in [0.1, 0.15) is 0 Å². The summed E-state index contributed by atoms with van der Waals surface area (Å²) < 4.78 is 0. The van der Waals surface area contributed by atoms with Crippen LogP contribution in [0.25, 0.3) is 0 Å². The molecule has 1 atom stereocenters.